The molecule has 0 saturated heterocycles. The molecule has 26 heavy (non-hydrogen) atoms. The summed E-state index contributed by atoms with van der Waals surface area (Å²) in [5.74, 6) is 1.73. The van der Waals surface area contributed by atoms with Gasteiger partial charge in [0.15, 0.2) is 16.6 Å². The van der Waals surface area contributed by atoms with Crippen molar-refractivity contribution in [3.05, 3.63) is 72.7 Å². The summed E-state index contributed by atoms with van der Waals surface area (Å²) >= 11 is 5.29. The zero-order valence-electron chi connectivity index (χ0n) is 14.2. The average molecular weight is 366 g/mol. The number of para-hydroxylation sites is 2. The van der Waals surface area contributed by atoms with E-state index in [1.807, 2.05) is 42.5 Å². The molecule has 132 valence electrons. The molecule has 0 fully saturated rings. The summed E-state index contributed by atoms with van der Waals surface area (Å²) in [6, 6.07) is 14.9. The lowest BCUT2D eigenvalue weighted by Crippen LogP contribution is -2.27. The molecule has 2 heterocycles. The Hall–Kier alpha value is -3.19. The molecule has 0 atom stereocenters. The van der Waals surface area contributed by atoms with Crippen LogP contribution in [0.4, 0.5) is 5.69 Å². The number of nitrogens with one attached hydrogen (secondary N) is 2. The van der Waals surface area contributed by atoms with Crippen LogP contribution in [0.15, 0.2) is 67.1 Å². The van der Waals surface area contributed by atoms with Crippen molar-refractivity contribution in [2.45, 2.75) is 6.54 Å². The number of nitrogens with zero attached hydrogens (tertiary/aromatic N) is 2. The number of hydrogen-bond donors (Lipinski definition) is 2. The highest BCUT2D eigenvalue weighted by Gasteiger charge is 2.06. The highest BCUT2D eigenvalue weighted by molar-refractivity contribution is 7.80. The molecule has 0 bridgehead atoms. The molecule has 7 heteroatoms. The molecular weight excluding hydrogens is 348 g/mol. The van der Waals surface area contributed by atoms with Crippen LogP contribution in [0.1, 0.15) is 5.56 Å². The van der Waals surface area contributed by atoms with Gasteiger partial charge in [-0.1, -0.05) is 18.2 Å². The van der Waals surface area contributed by atoms with Crippen molar-refractivity contribution in [2.75, 3.05) is 12.4 Å². The van der Waals surface area contributed by atoms with Crippen LogP contribution < -0.4 is 20.1 Å². The van der Waals surface area contributed by atoms with Crippen molar-refractivity contribution < 1.29 is 9.47 Å². The lowest BCUT2D eigenvalue weighted by Gasteiger charge is -2.11. The summed E-state index contributed by atoms with van der Waals surface area (Å²) in [6.45, 7) is 0.599. The van der Waals surface area contributed by atoms with E-state index in [0.29, 0.717) is 29.0 Å². The van der Waals surface area contributed by atoms with E-state index >= 15 is 0 Å². The first-order valence-electron chi connectivity index (χ1n) is 7.95. The van der Waals surface area contributed by atoms with Crippen molar-refractivity contribution in [1.82, 2.24) is 15.3 Å². The zero-order chi connectivity index (χ0) is 18.2. The van der Waals surface area contributed by atoms with E-state index in [2.05, 4.69) is 20.6 Å². The first kappa shape index (κ1) is 17.6. The molecule has 3 aromatic rings. The molecular formula is C19H18N4O2S. The van der Waals surface area contributed by atoms with Crippen molar-refractivity contribution >= 4 is 23.0 Å². The molecule has 0 radical (unpaired) electrons. The normalized spacial score (nSPS) is 10.0. The Labute approximate surface area is 157 Å². The molecule has 0 unspecified atom stereocenters. The van der Waals surface area contributed by atoms with Gasteiger partial charge in [0.25, 0.3) is 0 Å². The van der Waals surface area contributed by atoms with Gasteiger partial charge in [0, 0.05) is 25.0 Å². The second-order valence-electron chi connectivity index (χ2n) is 5.31. The molecule has 6 nitrogen and oxygen atoms in total. The lowest BCUT2D eigenvalue weighted by atomic mass is 10.3. The van der Waals surface area contributed by atoms with E-state index < -0.39 is 0 Å². The predicted octanol–water partition coefficient (Wildman–Crippen LogP) is 3.76. The highest BCUT2D eigenvalue weighted by Crippen LogP contribution is 2.30. The third-order valence-electron chi connectivity index (χ3n) is 3.45. The Morgan fingerprint density at radius 1 is 1.04 bits per heavy atom. The number of thiocarbonyl (C=S) groups is 1. The van der Waals surface area contributed by atoms with Gasteiger partial charge >= 0.3 is 0 Å². The third kappa shape index (κ3) is 4.90. The molecule has 0 saturated carbocycles. The van der Waals surface area contributed by atoms with Crippen LogP contribution in [0.5, 0.6) is 17.4 Å². The standard InChI is InChI=1S/C19H18N4O2S/c1-24-16-6-2-3-7-17(16)25-18-9-8-15(13-21-18)23-19(26)22-12-14-5-4-10-20-11-14/h2-11,13H,12H2,1H3,(H2,22,23,26). The van der Waals surface area contributed by atoms with Crippen molar-refractivity contribution in [3.8, 4) is 17.4 Å². The SMILES string of the molecule is COc1ccccc1Oc1ccc(NC(=S)NCc2cccnc2)cn1. The van der Waals surface area contributed by atoms with Crippen LogP contribution in [0.3, 0.4) is 0 Å². The fourth-order valence-electron chi connectivity index (χ4n) is 2.19. The maximum absolute atomic E-state index is 5.75. The van der Waals surface area contributed by atoms with Gasteiger partial charge in [-0.15, -0.1) is 0 Å². The number of benzene rings is 1. The predicted molar refractivity (Wildman–Crippen MR) is 105 cm³/mol. The van der Waals surface area contributed by atoms with Crippen molar-refractivity contribution in [3.63, 3.8) is 0 Å². The summed E-state index contributed by atoms with van der Waals surface area (Å²) < 4.78 is 11.0. The summed E-state index contributed by atoms with van der Waals surface area (Å²) in [5.41, 5.74) is 1.82. The minimum Gasteiger partial charge on any atom is -0.493 e. The monoisotopic (exact) mass is 366 g/mol. The number of methoxy groups -OCH3 is 1. The van der Waals surface area contributed by atoms with Gasteiger partial charge in [0.05, 0.1) is 19.0 Å². The molecule has 0 spiro atoms. The number of pyridine rings is 2. The topological polar surface area (TPSA) is 68.3 Å². The highest BCUT2D eigenvalue weighted by atomic mass is 32.1. The van der Waals surface area contributed by atoms with Crippen molar-refractivity contribution in [1.29, 1.82) is 0 Å². The first-order chi connectivity index (χ1) is 12.7. The number of anilines is 1. The fourth-order valence-corrected chi connectivity index (χ4v) is 2.38. The van der Waals surface area contributed by atoms with Gasteiger partial charge in [-0.2, -0.15) is 0 Å². The van der Waals surface area contributed by atoms with Crippen molar-refractivity contribution in [2.24, 2.45) is 0 Å². The number of hydrogen-bond acceptors (Lipinski definition) is 5. The van der Waals surface area contributed by atoms with E-state index in [1.165, 1.54) is 0 Å². The Morgan fingerprint density at radius 2 is 1.88 bits per heavy atom. The van der Waals surface area contributed by atoms with Gasteiger partial charge in [0.1, 0.15) is 0 Å². The number of ether oxygens (including phenoxy) is 2. The first-order valence-corrected chi connectivity index (χ1v) is 8.36. The Kier molecular flexibility index (Phi) is 5.95. The second-order valence-corrected chi connectivity index (χ2v) is 5.72. The van der Waals surface area contributed by atoms with E-state index in [1.54, 1.807) is 31.8 Å². The van der Waals surface area contributed by atoms with Crippen LogP contribution in [0.2, 0.25) is 0 Å². The van der Waals surface area contributed by atoms with Crippen LogP contribution in [0.25, 0.3) is 0 Å². The smallest absolute Gasteiger partial charge is 0.219 e. The molecule has 3 rings (SSSR count). The van der Waals surface area contributed by atoms with E-state index in [4.69, 9.17) is 21.7 Å². The molecule has 0 aliphatic heterocycles. The summed E-state index contributed by atoms with van der Waals surface area (Å²) in [6.07, 6.45) is 5.18. The zero-order valence-corrected chi connectivity index (χ0v) is 15.0. The number of rotatable bonds is 6. The minimum atomic E-state index is 0.467. The van der Waals surface area contributed by atoms with E-state index in [0.717, 1.165) is 11.3 Å². The number of aromatic nitrogens is 2. The maximum Gasteiger partial charge on any atom is 0.219 e. The molecule has 2 N–H and O–H groups in total. The van der Waals surface area contributed by atoms with Crippen LogP contribution in [0, 0.1) is 0 Å². The van der Waals surface area contributed by atoms with Gasteiger partial charge in [0.2, 0.25) is 5.88 Å². The van der Waals surface area contributed by atoms with Gasteiger partial charge in [-0.3, -0.25) is 4.98 Å². The third-order valence-corrected chi connectivity index (χ3v) is 3.70. The quantitative estimate of drug-likeness (QED) is 0.644. The van der Waals surface area contributed by atoms with E-state index in [-0.39, 0.29) is 0 Å². The van der Waals surface area contributed by atoms with Gasteiger partial charge in [-0.25, -0.2) is 4.98 Å². The molecule has 0 aliphatic carbocycles. The van der Waals surface area contributed by atoms with Crippen LogP contribution in [-0.4, -0.2) is 22.2 Å². The minimum absolute atomic E-state index is 0.467. The van der Waals surface area contributed by atoms with Crippen LogP contribution in [-0.2, 0) is 6.54 Å². The Bertz CT molecular complexity index is 857. The summed E-state index contributed by atoms with van der Waals surface area (Å²) in [5, 5.41) is 6.71. The molecule has 2 aromatic heterocycles. The molecule has 0 amide bonds. The average Bonchev–Trinajstić information content (AvgIpc) is 2.69. The summed E-state index contributed by atoms with van der Waals surface area (Å²) in [4.78, 5) is 8.35. The fraction of sp³-hybridized carbons (Fsp3) is 0.105. The summed E-state index contributed by atoms with van der Waals surface area (Å²) in [7, 11) is 1.60. The second kappa shape index (κ2) is 8.77. The Morgan fingerprint density at radius 3 is 2.58 bits per heavy atom. The molecule has 1 aromatic carbocycles. The maximum atomic E-state index is 5.75. The van der Waals surface area contributed by atoms with E-state index in [9.17, 15) is 0 Å². The largest absolute Gasteiger partial charge is 0.493 e. The Balaban J connectivity index is 1.55. The van der Waals surface area contributed by atoms with Gasteiger partial charge in [-0.05, 0) is 42.0 Å². The van der Waals surface area contributed by atoms with Crippen LogP contribution >= 0.6 is 12.2 Å². The molecule has 0 aliphatic rings. The lowest BCUT2D eigenvalue weighted by molar-refractivity contribution is 0.374. The van der Waals surface area contributed by atoms with Gasteiger partial charge < -0.3 is 20.1 Å².